The Labute approximate surface area is 149 Å². The number of benzene rings is 2. The van der Waals surface area contributed by atoms with Crippen LogP contribution in [0.25, 0.3) is 0 Å². The van der Waals surface area contributed by atoms with Gasteiger partial charge in [0.05, 0.1) is 5.56 Å². The largest absolute Gasteiger partial charge is 0.446 e. The van der Waals surface area contributed by atoms with Gasteiger partial charge >= 0.3 is 0 Å². The molecule has 2 aromatic carbocycles. The number of anilines is 1. The highest BCUT2D eigenvalue weighted by molar-refractivity contribution is 9.10. The molecule has 1 amide bonds. The molecule has 6 heteroatoms. The number of hydrazone groups is 1. The fraction of sp³-hybridized carbons (Fsp3) is 0.222. The second kappa shape index (κ2) is 6.65. The van der Waals surface area contributed by atoms with Crippen molar-refractivity contribution in [1.82, 2.24) is 5.01 Å². The Morgan fingerprint density at radius 2 is 1.83 bits per heavy atom. The lowest BCUT2D eigenvalue weighted by atomic mass is 10.1. The van der Waals surface area contributed by atoms with E-state index in [9.17, 15) is 4.79 Å². The molecule has 0 radical (unpaired) electrons. The minimum absolute atomic E-state index is 0.168. The van der Waals surface area contributed by atoms with Crippen LogP contribution in [0.1, 0.15) is 24.3 Å². The summed E-state index contributed by atoms with van der Waals surface area (Å²) in [4.78, 5) is 14.0. The summed E-state index contributed by atoms with van der Waals surface area (Å²) < 4.78 is 6.87. The zero-order valence-corrected chi connectivity index (χ0v) is 15.3. The van der Waals surface area contributed by atoms with Crippen molar-refractivity contribution in [2.45, 2.75) is 13.2 Å². The van der Waals surface area contributed by atoms with Gasteiger partial charge in [-0.05, 0) is 40.2 Å². The van der Waals surface area contributed by atoms with E-state index in [4.69, 9.17) is 4.74 Å². The molecule has 2 aromatic rings. The Balaban J connectivity index is 1.92. The van der Waals surface area contributed by atoms with E-state index >= 15 is 0 Å². The van der Waals surface area contributed by atoms with E-state index in [2.05, 4.69) is 21.0 Å². The van der Waals surface area contributed by atoms with Gasteiger partial charge in [-0.15, -0.1) is 5.10 Å². The minimum Gasteiger partial charge on any atom is -0.446 e. The highest BCUT2D eigenvalue weighted by atomic mass is 79.9. The first-order chi connectivity index (χ1) is 11.5. The molecule has 0 aliphatic carbocycles. The van der Waals surface area contributed by atoms with Crippen LogP contribution in [0, 0.1) is 0 Å². The van der Waals surface area contributed by atoms with Gasteiger partial charge in [0.25, 0.3) is 0 Å². The number of rotatable bonds is 3. The third-order valence-corrected chi connectivity index (χ3v) is 4.46. The summed E-state index contributed by atoms with van der Waals surface area (Å²) in [7, 11) is 3.97. The van der Waals surface area contributed by atoms with Crippen LogP contribution >= 0.6 is 15.9 Å². The lowest BCUT2D eigenvalue weighted by Crippen LogP contribution is -2.25. The average Bonchev–Trinajstić information content (AvgIpc) is 3.00. The number of hydrogen-bond acceptors (Lipinski definition) is 4. The molecular weight excluding hydrogens is 370 g/mol. The molecule has 1 aliphatic heterocycles. The number of halogens is 1. The fourth-order valence-electron chi connectivity index (χ4n) is 2.46. The molecule has 0 N–H and O–H groups in total. The summed E-state index contributed by atoms with van der Waals surface area (Å²) in [5.74, 6) is 0.262. The number of ether oxygens (including phenoxy) is 1. The summed E-state index contributed by atoms with van der Waals surface area (Å²) in [5, 5.41) is 5.75. The quantitative estimate of drug-likeness (QED) is 0.805. The molecule has 5 nitrogen and oxygen atoms in total. The molecule has 24 heavy (non-hydrogen) atoms. The molecule has 1 unspecified atom stereocenters. The van der Waals surface area contributed by atoms with Gasteiger partial charge in [0.2, 0.25) is 18.0 Å². The van der Waals surface area contributed by atoms with Crippen molar-refractivity contribution in [2.24, 2.45) is 5.10 Å². The van der Waals surface area contributed by atoms with Crippen molar-refractivity contribution < 1.29 is 9.53 Å². The van der Waals surface area contributed by atoms with Gasteiger partial charge in [-0.2, -0.15) is 5.01 Å². The lowest BCUT2D eigenvalue weighted by molar-refractivity contribution is -0.135. The highest BCUT2D eigenvalue weighted by Crippen LogP contribution is 2.32. The van der Waals surface area contributed by atoms with Gasteiger partial charge in [0.15, 0.2) is 0 Å². The highest BCUT2D eigenvalue weighted by Gasteiger charge is 2.33. The normalized spacial score (nSPS) is 16.6. The zero-order chi connectivity index (χ0) is 17.3. The minimum atomic E-state index is -0.555. The van der Waals surface area contributed by atoms with E-state index in [-0.39, 0.29) is 5.91 Å². The van der Waals surface area contributed by atoms with E-state index in [1.165, 1.54) is 11.9 Å². The Bertz CT molecular complexity index is 787. The monoisotopic (exact) mass is 387 g/mol. The van der Waals surface area contributed by atoms with E-state index in [1.807, 2.05) is 67.5 Å². The topological polar surface area (TPSA) is 45.1 Å². The first kappa shape index (κ1) is 16.5. The van der Waals surface area contributed by atoms with Crippen LogP contribution in [-0.4, -0.2) is 30.9 Å². The van der Waals surface area contributed by atoms with Crippen molar-refractivity contribution in [3.8, 4) is 0 Å². The lowest BCUT2D eigenvalue weighted by Gasteiger charge is -2.20. The summed E-state index contributed by atoms with van der Waals surface area (Å²) in [6.45, 7) is 1.48. The maximum absolute atomic E-state index is 12.0. The van der Waals surface area contributed by atoms with Crippen molar-refractivity contribution >= 4 is 33.4 Å². The predicted octanol–water partition coefficient (Wildman–Crippen LogP) is 3.75. The maximum Gasteiger partial charge on any atom is 0.243 e. The van der Waals surface area contributed by atoms with Crippen molar-refractivity contribution in [3.05, 3.63) is 64.1 Å². The average molecular weight is 388 g/mol. The molecule has 0 aromatic heterocycles. The zero-order valence-electron chi connectivity index (χ0n) is 13.7. The SMILES string of the molecule is CC(=O)N1N=C(c2ccccc2Br)OC1c1ccc(N(C)C)cc1. The van der Waals surface area contributed by atoms with Crippen molar-refractivity contribution in [2.75, 3.05) is 19.0 Å². The molecule has 0 bridgehead atoms. The van der Waals surface area contributed by atoms with E-state index in [1.54, 1.807) is 0 Å². The molecule has 0 spiro atoms. The van der Waals surface area contributed by atoms with E-state index in [0.717, 1.165) is 21.3 Å². The number of carbonyl (C=O) groups excluding carboxylic acids is 1. The summed E-state index contributed by atoms with van der Waals surface area (Å²) in [6, 6.07) is 15.5. The van der Waals surface area contributed by atoms with Gasteiger partial charge in [0, 0.05) is 36.7 Å². The summed E-state index contributed by atoms with van der Waals surface area (Å²) in [6.07, 6.45) is -0.555. The third kappa shape index (κ3) is 3.14. The maximum atomic E-state index is 12.0. The second-order valence-corrected chi connectivity index (χ2v) is 6.56. The van der Waals surface area contributed by atoms with Gasteiger partial charge in [-0.25, -0.2) is 0 Å². The summed E-state index contributed by atoms with van der Waals surface area (Å²) in [5.41, 5.74) is 2.77. The molecular formula is C18H18BrN3O2. The van der Waals surface area contributed by atoms with Gasteiger partial charge in [-0.3, -0.25) is 4.79 Å². The van der Waals surface area contributed by atoms with E-state index < -0.39 is 6.23 Å². The Hall–Kier alpha value is -2.34. The molecule has 1 heterocycles. The van der Waals surface area contributed by atoms with Gasteiger partial charge < -0.3 is 9.64 Å². The molecule has 3 rings (SSSR count). The standard InChI is InChI=1S/C18H18BrN3O2/c1-12(23)22-18(13-8-10-14(11-9-13)21(2)3)24-17(20-22)15-6-4-5-7-16(15)19/h4-11,18H,1-3H3. The Morgan fingerprint density at radius 3 is 2.42 bits per heavy atom. The fourth-order valence-corrected chi connectivity index (χ4v) is 2.92. The molecule has 0 fully saturated rings. The molecule has 0 saturated heterocycles. The number of nitrogens with zero attached hydrogens (tertiary/aromatic N) is 3. The van der Waals surface area contributed by atoms with Crippen molar-refractivity contribution in [1.29, 1.82) is 0 Å². The first-order valence-electron chi connectivity index (χ1n) is 7.54. The smallest absolute Gasteiger partial charge is 0.243 e. The van der Waals surface area contributed by atoms with Crippen LogP contribution in [0.4, 0.5) is 5.69 Å². The molecule has 0 saturated carbocycles. The third-order valence-electron chi connectivity index (χ3n) is 3.77. The predicted molar refractivity (Wildman–Crippen MR) is 97.8 cm³/mol. The van der Waals surface area contributed by atoms with E-state index in [0.29, 0.717) is 5.90 Å². The Kier molecular flexibility index (Phi) is 4.57. The van der Waals surface area contributed by atoms with Crippen LogP contribution in [-0.2, 0) is 9.53 Å². The van der Waals surface area contributed by atoms with Gasteiger partial charge in [-0.1, -0.05) is 24.3 Å². The number of carbonyl (C=O) groups is 1. The van der Waals surface area contributed by atoms with Crippen LogP contribution in [0.15, 0.2) is 58.1 Å². The van der Waals surface area contributed by atoms with Crippen LogP contribution in [0.2, 0.25) is 0 Å². The van der Waals surface area contributed by atoms with Gasteiger partial charge in [0.1, 0.15) is 0 Å². The number of hydrogen-bond donors (Lipinski definition) is 0. The first-order valence-corrected chi connectivity index (χ1v) is 8.34. The van der Waals surface area contributed by atoms with Crippen molar-refractivity contribution in [3.63, 3.8) is 0 Å². The Morgan fingerprint density at radius 1 is 1.17 bits per heavy atom. The molecule has 1 atom stereocenters. The molecule has 1 aliphatic rings. The summed E-state index contributed by atoms with van der Waals surface area (Å²) >= 11 is 3.50. The second-order valence-electron chi connectivity index (χ2n) is 5.70. The molecule has 124 valence electrons. The van der Waals surface area contributed by atoms with Crippen LogP contribution in [0.5, 0.6) is 0 Å². The van der Waals surface area contributed by atoms with Crippen LogP contribution in [0.3, 0.4) is 0 Å². The van der Waals surface area contributed by atoms with Crippen LogP contribution < -0.4 is 4.90 Å². The number of amides is 1.